The van der Waals surface area contributed by atoms with Crippen molar-refractivity contribution in [2.24, 2.45) is 5.92 Å². The number of nitrogens with zero attached hydrogens (tertiary/aromatic N) is 2. The van der Waals surface area contributed by atoms with Gasteiger partial charge in [0.15, 0.2) is 0 Å². The summed E-state index contributed by atoms with van der Waals surface area (Å²) in [5, 5.41) is 0.513. The molecular formula is C23H27ClN2O3. The highest BCUT2D eigenvalue weighted by Gasteiger charge is 2.34. The third kappa shape index (κ3) is 4.35. The van der Waals surface area contributed by atoms with Crippen molar-refractivity contribution < 1.29 is 14.3 Å². The molecular weight excluding hydrogens is 388 g/mol. The van der Waals surface area contributed by atoms with Gasteiger partial charge < -0.3 is 14.4 Å². The maximum Gasteiger partial charge on any atom is 0.410 e. The molecule has 0 aliphatic carbocycles. The number of amides is 1. The van der Waals surface area contributed by atoms with E-state index < -0.39 is 0 Å². The van der Waals surface area contributed by atoms with E-state index in [1.165, 1.54) is 5.56 Å². The largest absolute Gasteiger partial charge is 0.490 e. The third-order valence-corrected chi connectivity index (χ3v) is 6.02. The minimum Gasteiger partial charge on any atom is -0.490 e. The predicted molar refractivity (Wildman–Crippen MR) is 113 cm³/mol. The Hall–Kier alpha value is -2.27. The minimum absolute atomic E-state index is 0.0819. The van der Waals surface area contributed by atoms with E-state index in [4.69, 9.17) is 21.1 Å². The number of rotatable bonds is 3. The lowest BCUT2D eigenvalue weighted by Crippen LogP contribution is -2.43. The number of likely N-dealkylation sites (tertiary alicyclic amines) is 1. The van der Waals surface area contributed by atoms with E-state index in [0.29, 0.717) is 11.1 Å². The van der Waals surface area contributed by atoms with Crippen molar-refractivity contribution in [3.8, 4) is 16.9 Å². The number of piperidine rings is 1. The molecule has 1 aromatic heterocycles. The first-order chi connectivity index (χ1) is 13.9. The van der Waals surface area contributed by atoms with Crippen molar-refractivity contribution in [3.63, 3.8) is 0 Å². The van der Waals surface area contributed by atoms with Crippen LogP contribution in [0.3, 0.4) is 0 Å². The molecule has 0 spiro atoms. The van der Waals surface area contributed by atoms with E-state index in [1.54, 1.807) is 0 Å². The molecule has 1 aromatic carbocycles. The molecule has 2 aliphatic heterocycles. The van der Waals surface area contributed by atoms with Crippen LogP contribution in [0.1, 0.15) is 37.8 Å². The van der Waals surface area contributed by atoms with Crippen molar-refractivity contribution >= 4 is 17.7 Å². The SMILES string of the molecule is Cc1cc(Cl)ncc1-c1ccc2c(c1)CC(C1CCN(C(=O)OC(C)C)CC1)O2. The Morgan fingerprint density at radius 1 is 1.28 bits per heavy atom. The van der Waals surface area contributed by atoms with Crippen LogP contribution in [0.25, 0.3) is 11.1 Å². The van der Waals surface area contributed by atoms with Crippen molar-refractivity contribution in [1.29, 1.82) is 0 Å². The molecule has 154 valence electrons. The van der Waals surface area contributed by atoms with Gasteiger partial charge in [-0.05, 0) is 74.4 Å². The molecule has 1 fully saturated rings. The van der Waals surface area contributed by atoms with Crippen LogP contribution in [-0.4, -0.2) is 41.3 Å². The van der Waals surface area contributed by atoms with Crippen LogP contribution >= 0.6 is 11.6 Å². The van der Waals surface area contributed by atoms with E-state index in [2.05, 4.69) is 23.2 Å². The first kappa shape index (κ1) is 20.0. The van der Waals surface area contributed by atoms with E-state index >= 15 is 0 Å². The fourth-order valence-corrected chi connectivity index (χ4v) is 4.47. The first-order valence-corrected chi connectivity index (χ1v) is 10.7. The van der Waals surface area contributed by atoms with Gasteiger partial charge in [0.2, 0.25) is 0 Å². The average Bonchev–Trinajstić information content (AvgIpc) is 3.11. The number of ether oxygens (including phenoxy) is 2. The van der Waals surface area contributed by atoms with Gasteiger partial charge >= 0.3 is 6.09 Å². The summed E-state index contributed by atoms with van der Waals surface area (Å²) >= 11 is 5.99. The van der Waals surface area contributed by atoms with Crippen LogP contribution in [0.15, 0.2) is 30.5 Å². The molecule has 0 saturated carbocycles. The van der Waals surface area contributed by atoms with Crippen LogP contribution in [0.4, 0.5) is 4.79 Å². The van der Waals surface area contributed by atoms with E-state index in [-0.39, 0.29) is 18.3 Å². The number of fused-ring (bicyclic) bond motifs is 1. The summed E-state index contributed by atoms with van der Waals surface area (Å²) in [4.78, 5) is 18.1. The van der Waals surface area contributed by atoms with Gasteiger partial charge in [-0.2, -0.15) is 0 Å². The highest BCUT2D eigenvalue weighted by atomic mass is 35.5. The monoisotopic (exact) mass is 414 g/mol. The Morgan fingerprint density at radius 2 is 2.03 bits per heavy atom. The van der Waals surface area contributed by atoms with E-state index in [0.717, 1.165) is 54.8 Å². The van der Waals surface area contributed by atoms with E-state index in [9.17, 15) is 4.79 Å². The molecule has 5 nitrogen and oxygen atoms in total. The minimum atomic E-state index is -0.203. The number of pyridine rings is 1. The fourth-order valence-electron chi connectivity index (χ4n) is 4.26. The average molecular weight is 415 g/mol. The van der Waals surface area contributed by atoms with Gasteiger partial charge in [-0.25, -0.2) is 9.78 Å². The Kier molecular flexibility index (Phi) is 5.68. The third-order valence-electron chi connectivity index (χ3n) is 5.81. The number of benzene rings is 1. The number of aryl methyl sites for hydroxylation is 1. The highest BCUT2D eigenvalue weighted by molar-refractivity contribution is 6.29. The molecule has 1 saturated heterocycles. The standard InChI is InChI=1S/C23H27ClN2O3/c1-14(2)28-23(27)26-8-6-16(7-9-26)21-12-18-11-17(4-5-20(18)29-21)19-13-25-22(24)10-15(19)3/h4-5,10-11,13-14,16,21H,6-9,12H2,1-3H3. The number of carbonyl (C=O) groups excluding carboxylic acids is 1. The second-order valence-corrected chi connectivity index (χ2v) is 8.65. The lowest BCUT2D eigenvalue weighted by atomic mass is 9.88. The second kappa shape index (κ2) is 8.23. The molecule has 1 unspecified atom stereocenters. The Bertz CT molecular complexity index is 907. The summed E-state index contributed by atoms with van der Waals surface area (Å²) in [6, 6.07) is 8.25. The molecule has 29 heavy (non-hydrogen) atoms. The first-order valence-electron chi connectivity index (χ1n) is 10.3. The molecule has 1 atom stereocenters. The van der Waals surface area contributed by atoms with Gasteiger partial charge in [0.1, 0.15) is 17.0 Å². The van der Waals surface area contributed by atoms with E-state index in [1.807, 2.05) is 37.9 Å². The number of hydrogen-bond acceptors (Lipinski definition) is 4. The maximum absolute atomic E-state index is 12.1. The van der Waals surface area contributed by atoms with Crippen LogP contribution in [0.2, 0.25) is 5.15 Å². The Balaban J connectivity index is 1.40. The molecule has 0 bridgehead atoms. The summed E-state index contributed by atoms with van der Waals surface area (Å²) in [5.41, 5.74) is 4.59. The fraction of sp³-hybridized carbons (Fsp3) is 0.478. The molecule has 2 aliphatic rings. The van der Waals surface area contributed by atoms with Crippen molar-refractivity contribution in [2.45, 2.75) is 52.2 Å². The van der Waals surface area contributed by atoms with Crippen LogP contribution in [0, 0.1) is 12.8 Å². The number of hydrogen-bond donors (Lipinski definition) is 0. The number of aromatic nitrogens is 1. The van der Waals surface area contributed by atoms with Gasteiger partial charge in [-0.3, -0.25) is 0 Å². The zero-order valence-corrected chi connectivity index (χ0v) is 17.9. The van der Waals surface area contributed by atoms with Crippen molar-refractivity contribution in [3.05, 3.63) is 46.7 Å². The summed E-state index contributed by atoms with van der Waals surface area (Å²) < 4.78 is 11.6. The zero-order valence-electron chi connectivity index (χ0n) is 17.2. The number of halogens is 1. The molecule has 0 radical (unpaired) electrons. The van der Waals surface area contributed by atoms with Crippen LogP contribution in [0.5, 0.6) is 5.75 Å². The lowest BCUT2D eigenvalue weighted by Gasteiger charge is -2.34. The smallest absolute Gasteiger partial charge is 0.410 e. The summed E-state index contributed by atoms with van der Waals surface area (Å²) in [5.74, 6) is 1.42. The normalized spacial score (nSPS) is 19.2. The second-order valence-electron chi connectivity index (χ2n) is 8.26. The molecule has 2 aromatic rings. The molecule has 6 heteroatoms. The highest BCUT2D eigenvalue weighted by Crippen LogP contribution is 2.38. The Labute approximate surface area is 177 Å². The predicted octanol–water partition coefficient (Wildman–Crippen LogP) is 5.27. The van der Waals surface area contributed by atoms with Gasteiger partial charge in [-0.1, -0.05) is 17.7 Å². The molecule has 1 amide bonds. The van der Waals surface area contributed by atoms with Gasteiger partial charge in [-0.15, -0.1) is 0 Å². The topological polar surface area (TPSA) is 51.7 Å². The molecule has 0 N–H and O–H groups in total. The summed E-state index contributed by atoms with van der Waals surface area (Å²) in [6.07, 6.45) is 4.51. The van der Waals surface area contributed by atoms with Gasteiger partial charge in [0, 0.05) is 31.3 Å². The number of carbonyl (C=O) groups is 1. The van der Waals surface area contributed by atoms with Crippen LogP contribution in [-0.2, 0) is 11.2 Å². The lowest BCUT2D eigenvalue weighted by molar-refractivity contribution is 0.0503. The zero-order chi connectivity index (χ0) is 20.5. The van der Waals surface area contributed by atoms with Gasteiger partial charge in [0.25, 0.3) is 0 Å². The van der Waals surface area contributed by atoms with Gasteiger partial charge in [0.05, 0.1) is 6.10 Å². The maximum atomic E-state index is 12.1. The molecule has 3 heterocycles. The van der Waals surface area contributed by atoms with Crippen molar-refractivity contribution in [1.82, 2.24) is 9.88 Å². The summed E-state index contributed by atoms with van der Waals surface area (Å²) in [6.45, 7) is 7.27. The molecule has 4 rings (SSSR count). The van der Waals surface area contributed by atoms with Crippen LogP contribution < -0.4 is 4.74 Å². The van der Waals surface area contributed by atoms with Crippen molar-refractivity contribution in [2.75, 3.05) is 13.1 Å². The summed E-state index contributed by atoms with van der Waals surface area (Å²) in [7, 11) is 0. The quantitative estimate of drug-likeness (QED) is 0.642. The Morgan fingerprint density at radius 3 is 2.72 bits per heavy atom.